The highest BCUT2D eigenvalue weighted by molar-refractivity contribution is 7.84. The highest BCUT2D eigenvalue weighted by Crippen LogP contribution is 2.33. The van der Waals surface area contributed by atoms with E-state index < -0.39 is 16.4 Å². The summed E-state index contributed by atoms with van der Waals surface area (Å²) in [5.74, 6) is 0. The molecule has 5 nitrogen and oxygen atoms in total. The van der Waals surface area contributed by atoms with Crippen LogP contribution < -0.4 is 0 Å². The Morgan fingerprint density at radius 3 is 2.56 bits per heavy atom. The van der Waals surface area contributed by atoms with Crippen LogP contribution in [0.4, 0.5) is 0 Å². The van der Waals surface area contributed by atoms with Crippen molar-refractivity contribution in [2.45, 2.75) is 31.5 Å². The Labute approximate surface area is 153 Å². The van der Waals surface area contributed by atoms with Crippen LogP contribution in [0.15, 0.2) is 35.6 Å². The number of benzene rings is 1. The number of rotatable bonds is 3. The first-order valence-corrected chi connectivity index (χ1v) is 9.61. The molecule has 0 aliphatic rings. The molecule has 130 valence electrons. The molecule has 7 heteroatoms. The lowest BCUT2D eigenvalue weighted by Gasteiger charge is -2.21. The van der Waals surface area contributed by atoms with Gasteiger partial charge >= 0.3 is 0 Å². The van der Waals surface area contributed by atoms with Crippen LogP contribution in [0.1, 0.15) is 25.1 Å². The van der Waals surface area contributed by atoms with Gasteiger partial charge in [0.15, 0.2) is 0 Å². The molecular formula is C18H18ClN3O2S. The summed E-state index contributed by atoms with van der Waals surface area (Å²) < 4.78 is 11.7. The number of hydrogen-bond donors (Lipinski definition) is 1. The van der Waals surface area contributed by atoms with Gasteiger partial charge in [0.2, 0.25) is 5.16 Å². The summed E-state index contributed by atoms with van der Waals surface area (Å²) in [6.45, 7) is 5.38. The van der Waals surface area contributed by atoms with Crippen LogP contribution in [0, 0.1) is 6.92 Å². The number of halogens is 1. The molecule has 0 fully saturated rings. The second kappa shape index (κ2) is 6.44. The number of aromatic nitrogens is 3. The van der Waals surface area contributed by atoms with Gasteiger partial charge in [-0.05, 0) is 44.5 Å². The molecule has 2 heterocycles. The van der Waals surface area contributed by atoms with E-state index in [4.69, 9.17) is 11.6 Å². The molecule has 0 aliphatic carbocycles. The zero-order valence-corrected chi connectivity index (χ0v) is 15.9. The van der Waals surface area contributed by atoms with E-state index in [0.717, 1.165) is 27.7 Å². The largest absolute Gasteiger partial charge is 0.386 e. The predicted molar refractivity (Wildman–Crippen MR) is 100 cm³/mol. The third kappa shape index (κ3) is 3.56. The number of aryl methyl sites for hydroxylation is 1. The molecule has 0 aliphatic heterocycles. The molecule has 0 saturated heterocycles. The van der Waals surface area contributed by atoms with Gasteiger partial charge in [0, 0.05) is 22.9 Å². The molecule has 25 heavy (non-hydrogen) atoms. The van der Waals surface area contributed by atoms with E-state index in [0.29, 0.717) is 10.7 Å². The van der Waals surface area contributed by atoms with Crippen molar-refractivity contribution in [2.24, 2.45) is 0 Å². The topological polar surface area (TPSA) is 76.0 Å². The molecule has 1 atom stereocenters. The van der Waals surface area contributed by atoms with E-state index in [9.17, 15) is 9.32 Å². The van der Waals surface area contributed by atoms with Crippen LogP contribution in [0.5, 0.6) is 0 Å². The van der Waals surface area contributed by atoms with Gasteiger partial charge < -0.3 is 5.11 Å². The zero-order chi connectivity index (χ0) is 18.4. The second-order valence-corrected chi connectivity index (χ2v) is 8.09. The maximum Gasteiger partial charge on any atom is 0.218 e. The van der Waals surface area contributed by atoms with E-state index in [1.165, 1.54) is 12.5 Å². The van der Waals surface area contributed by atoms with Gasteiger partial charge in [-0.15, -0.1) is 0 Å². The third-order valence-electron chi connectivity index (χ3n) is 3.85. The number of aliphatic hydroxyl groups is 1. The molecule has 0 radical (unpaired) electrons. The Kier molecular flexibility index (Phi) is 4.62. The summed E-state index contributed by atoms with van der Waals surface area (Å²) in [6, 6.07) is 7.50. The maximum atomic E-state index is 11.7. The van der Waals surface area contributed by atoms with E-state index >= 15 is 0 Å². The molecule has 1 aromatic carbocycles. The Morgan fingerprint density at radius 2 is 1.92 bits per heavy atom. The summed E-state index contributed by atoms with van der Waals surface area (Å²) in [6.07, 6.45) is 2.97. The predicted octanol–water partition coefficient (Wildman–Crippen LogP) is 3.62. The van der Waals surface area contributed by atoms with Crippen molar-refractivity contribution in [2.75, 3.05) is 6.26 Å². The number of nitrogens with zero attached hydrogens (tertiary/aromatic N) is 3. The molecule has 3 rings (SSSR count). The van der Waals surface area contributed by atoms with Crippen molar-refractivity contribution >= 4 is 33.3 Å². The van der Waals surface area contributed by atoms with Crippen LogP contribution >= 0.6 is 11.6 Å². The molecule has 1 unspecified atom stereocenters. The normalized spacial score (nSPS) is 13.2. The number of fused-ring (bicyclic) bond motifs is 1. The second-order valence-electron chi connectivity index (χ2n) is 6.41. The van der Waals surface area contributed by atoms with Gasteiger partial charge in [0.25, 0.3) is 0 Å². The fraction of sp³-hybridized carbons (Fsp3) is 0.278. The minimum Gasteiger partial charge on any atom is -0.386 e. The van der Waals surface area contributed by atoms with Crippen molar-refractivity contribution < 1.29 is 9.32 Å². The summed E-state index contributed by atoms with van der Waals surface area (Å²) in [5, 5.41) is 11.9. The van der Waals surface area contributed by atoms with E-state index in [-0.39, 0.29) is 5.16 Å². The highest BCUT2D eigenvalue weighted by Gasteiger charge is 2.21. The lowest BCUT2D eigenvalue weighted by molar-refractivity contribution is 0.0801. The minimum absolute atomic E-state index is 0.226. The quantitative estimate of drug-likeness (QED) is 0.707. The highest BCUT2D eigenvalue weighted by atomic mass is 35.5. The van der Waals surface area contributed by atoms with Gasteiger partial charge in [-0.3, -0.25) is 9.19 Å². The van der Waals surface area contributed by atoms with Crippen LogP contribution in [-0.4, -0.2) is 30.5 Å². The van der Waals surface area contributed by atoms with Gasteiger partial charge in [-0.25, -0.2) is 9.97 Å². The summed E-state index contributed by atoms with van der Waals surface area (Å²) in [4.78, 5) is 12.9. The van der Waals surface area contributed by atoms with Gasteiger partial charge in [-0.2, -0.15) is 0 Å². The fourth-order valence-electron chi connectivity index (χ4n) is 2.70. The standard InChI is InChI=1S/C18H18ClN3O2S/c1-10-7-13(18(2,3)23)12-8-11(5-6-15(12)21-10)16-14(19)9-20-17(22-16)25(4)24/h5-9,23H,1-4H3. The lowest BCUT2D eigenvalue weighted by Crippen LogP contribution is -2.16. The van der Waals surface area contributed by atoms with Crippen LogP contribution in [0.25, 0.3) is 22.2 Å². The summed E-state index contributed by atoms with van der Waals surface area (Å²) >= 11 is 6.25. The first-order chi connectivity index (χ1) is 11.7. The Morgan fingerprint density at radius 1 is 1.20 bits per heavy atom. The van der Waals surface area contributed by atoms with E-state index in [1.807, 2.05) is 31.2 Å². The first-order valence-electron chi connectivity index (χ1n) is 7.67. The molecule has 0 bridgehead atoms. The van der Waals surface area contributed by atoms with Crippen molar-refractivity contribution in [3.8, 4) is 11.3 Å². The SMILES string of the molecule is Cc1cc(C(C)(C)O)c2cc(-c3nc(S(C)=O)ncc3Cl)ccc2n1. The molecule has 1 N–H and O–H groups in total. The summed E-state index contributed by atoms with van der Waals surface area (Å²) in [5.41, 5.74) is 2.64. The molecular weight excluding hydrogens is 358 g/mol. The minimum atomic E-state index is -1.30. The maximum absolute atomic E-state index is 11.7. The molecule has 3 aromatic rings. The Bertz CT molecular complexity index is 1000. The average molecular weight is 376 g/mol. The lowest BCUT2D eigenvalue weighted by atomic mass is 9.92. The van der Waals surface area contributed by atoms with E-state index in [2.05, 4.69) is 15.0 Å². The zero-order valence-electron chi connectivity index (χ0n) is 14.4. The number of pyridine rings is 1. The first kappa shape index (κ1) is 17.9. The molecule has 0 spiro atoms. The molecule has 0 amide bonds. The fourth-order valence-corrected chi connectivity index (χ4v) is 3.32. The number of hydrogen-bond acceptors (Lipinski definition) is 5. The van der Waals surface area contributed by atoms with Gasteiger partial charge in [0.05, 0.1) is 38.8 Å². The van der Waals surface area contributed by atoms with Gasteiger partial charge in [-0.1, -0.05) is 17.7 Å². The van der Waals surface area contributed by atoms with E-state index in [1.54, 1.807) is 13.8 Å². The molecule has 2 aromatic heterocycles. The van der Waals surface area contributed by atoms with Crippen molar-refractivity contribution in [3.63, 3.8) is 0 Å². The Hall–Kier alpha value is -1.89. The van der Waals surface area contributed by atoms with Crippen molar-refractivity contribution in [1.29, 1.82) is 0 Å². The monoisotopic (exact) mass is 375 g/mol. The molecule has 0 saturated carbocycles. The summed E-state index contributed by atoms with van der Waals surface area (Å²) in [7, 11) is -1.30. The van der Waals surface area contributed by atoms with Crippen LogP contribution in [0.2, 0.25) is 5.02 Å². The van der Waals surface area contributed by atoms with Crippen LogP contribution in [-0.2, 0) is 16.4 Å². The third-order valence-corrected chi connectivity index (χ3v) is 4.84. The smallest absolute Gasteiger partial charge is 0.218 e. The van der Waals surface area contributed by atoms with Crippen LogP contribution in [0.3, 0.4) is 0 Å². The van der Waals surface area contributed by atoms with Crippen molar-refractivity contribution in [1.82, 2.24) is 15.0 Å². The van der Waals surface area contributed by atoms with Gasteiger partial charge in [0.1, 0.15) is 0 Å². The van der Waals surface area contributed by atoms with Crippen molar-refractivity contribution in [3.05, 3.63) is 46.7 Å². The average Bonchev–Trinajstić information content (AvgIpc) is 2.53. The Balaban J connectivity index is 2.28.